The molecule has 0 saturated heterocycles. The molecule has 0 saturated carbocycles. The van der Waals surface area contributed by atoms with Gasteiger partial charge in [0.2, 0.25) is 0 Å². The maximum absolute atomic E-state index is 13.7. The molecule has 0 N–H and O–H groups in total. The number of carbonyl (C=O) groups is 1. The molecule has 2 aromatic carbocycles. The largest absolute Gasteiger partial charge is 0.466 e. The molecule has 3 aromatic rings. The lowest BCUT2D eigenvalue weighted by atomic mass is 9.78. The summed E-state index contributed by atoms with van der Waals surface area (Å²) in [6, 6.07) is 14.7. The maximum Gasteiger partial charge on any atom is 0.309 e. The second-order valence-corrected chi connectivity index (χ2v) is 10.1. The number of ether oxygens (including phenoxy) is 1. The fraction of sp³-hybridized carbons (Fsp3) is 0.400. The van der Waals surface area contributed by atoms with Crippen molar-refractivity contribution in [2.45, 2.75) is 51.3 Å². The Kier molecular flexibility index (Phi) is 5.93. The van der Waals surface area contributed by atoms with Gasteiger partial charge in [0.1, 0.15) is 0 Å². The summed E-state index contributed by atoms with van der Waals surface area (Å²) in [5.74, 6) is -0.336. The molecule has 0 bridgehead atoms. The average Bonchev–Trinajstić information content (AvgIpc) is 3.09. The van der Waals surface area contributed by atoms with Crippen LogP contribution in [-0.4, -0.2) is 25.0 Å². The van der Waals surface area contributed by atoms with Crippen molar-refractivity contribution in [3.63, 3.8) is 0 Å². The number of hydrogen-bond donors (Lipinski definition) is 0. The molecule has 1 heterocycles. The van der Waals surface area contributed by atoms with Crippen molar-refractivity contribution in [3.05, 3.63) is 65.4 Å². The van der Waals surface area contributed by atoms with Gasteiger partial charge in [-0.05, 0) is 69.2 Å². The van der Waals surface area contributed by atoms with Crippen LogP contribution in [0.3, 0.4) is 0 Å². The Morgan fingerprint density at radius 2 is 1.84 bits per heavy atom. The summed E-state index contributed by atoms with van der Waals surface area (Å²) in [7, 11) is -3.77. The molecule has 4 rings (SSSR count). The Morgan fingerprint density at radius 3 is 2.52 bits per heavy atom. The summed E-state index contributed by atoms with van der Waals surface area (Å²) < 4.78 is 34.3. The topological polar surface area (TPSA) is 65.4 Å². The predicted octanol–water partition coefficient (Wildman–Crippen LogP) is 4.88. The number of benzene rings is 2. The lowest BCUT2D eigenvalue weighted by molar-refractivity contribution is -0.150. The zero-order valence-corrected chi connectivity index (χ0v) is 19.1. The van der Waals surface area contributed by atoms with E-state index in [1.54, 1.807) is 12.1 Å². The monoisotopic (exact) mass is 439 g/mol. The van der Waals surface area contributed by atoms with Gasteiger partial charge in [-0.3, -0.25) is 4.79 Å². The molecule has 1 aliphatic rings. The van der Waals surface area contributed by atoms with E-state index in [-0.39, 0.29) is 22.7 Å². The number of para-hydroxylation sites is 1. The van der Waals surface area contributed by atoms with Crippen LogP contribution in [0.4, 0.5) is 0 Å². The molecule has 5 nitrogen and oxygen atoms in total. The van der Waals surface area contributed by atoms with Gasteiger partial charge in [0, 0.05) is 11.1 Å². The van der Waals surface area contributed by atoms with Crippen LogP contribution in [0.5, 0.6) is 0 Å². The third kappa shape index (κ3) is 3.78. The fourth-order valence-corrected chi connectivity index (χ4v) is 6.45. The van der Waals surface area contributed by atoms with Crippen LogP contribution in [0.25, 0.3) is 10.9 Å². The third-order valence-corrected chi connectivity index (χ3v) is 8.19. The van der Waals surface area contributed by atoms with Gasteiger partial charge in [-0.1, -0.05) is 42.8 Å². The first-order valence-corrected chi connectivity index (χ1v) is 12.4. The Bertz CT molecular complexity index is 1210. The molecule has 2 unspecified atom stereocenters. The second kappa shape index (κ2) is 8.50. The summed E-state index contributed by atoms with van der Waals surface area (Å²) in [4.78, 5) is 12.8. The standard InChI is InChI=1S/C25H29NO4S/c1-4-20(25(27)30-5-2)18-12-15-22-21-8-6-7-9-23(21)26(24(22)16-18)31(28,29)19-13-10-17(3)11-14-19/h6-11,13-14,18,20H,4-5,12,15-16H2,1-3H3. The van der Waals surface area contributed by atoms with E-state index < -0.39 is 10.0 Å². The van der Waals surface area contributed by atoms with Gasteiger partial charge < -0.3 is 4.74 Å². The van der Waals surface area contributed by atoms with E-state index in [0.29, 0.717) is 25.0 Å². The van der Waals surface area contributed by atoms with E-state index in [1.165, 1.54) is 3.97 Å². The number of fused-ring (bicyclic) bond motifs is 3. The first-order chi connectivity index (χ1) is 14.9. The smallest absolute Gasteiger partial charge is 0.309 e. The normalized spacial score (nSPS) is 17.3. The van der Waals surface area contributed by atoms with E-state index in [1.807, 2.05) is 57.2 Å². The Labute approximate surface area is 184 Å². The maximum atomic E-state index is 13.7. The Morgan fingerprint density at radius 1 is 1.13 bits per heavy atom. The summed E-state index contributed by atoms with van der Waals surface area (Å²) in [6.45, 7) is 6.11. The summed E-state index contributed by atoms with van der Waals surface area (Å²) >= 11 is 0. The summed E-state index contributed by atoms with van der Waals surface area (Å²) in [5.41, 5.74) is 3.61. The molecule has 2 atom stereocenters. The highest BCUT2D eigenvalue weighted by molar-refractivity contribution is 7.90. The summed E-state index contributed by atoms with van der Waals surface area (Å²) in [6.07, 6.45) is 2.84. The lowest BCUT2D eigenvalue weighted by Gasteiger charge is -2.29. The first-order valence-electron chi connectivity index (χ1n) is 11.0. The molecule has 6 heteroatoms. The highest BCUT2D eigenvalue weighted by Crippen LogP contribution is 2.39. The number of esters is 1. The second-order valence-electron chi connectivity index (χ2n) is 8.29. The van der Waals surface area contributed by atoms with Crippen molar-refractivity contribution in [1.82, 2.24) is 3.97 Å². The minimum atomic E-state index is -3.77. The lowest BCUT2D eigenvalue weighted by Crippen LogP contribution is -2.31. The van der Waals surface area contributed by atoms with Gasteiger partial charge in [-0.25, -0.2) is 12.4 Å². The first kappa shape index (κ1) is 21.6. The Balaban J connectivity index is 1.85. The van der Waals surface area contributed by atoms with Gasteiger partial charge in [-0.15, -0.1) is 0 Å². The third-order valence-electron chi connectivity index (χ3n) is 6.42. The molecule has 0 aliphatic heterocycles. The molecular weight excluding hydrogens is 410 g/mol. The van der Waals surface area contributed by atoms with E-state index in [0.717, 1.165) is 35.0 Å². The number of aromatic nitrogens is 1. The zero-order valence-electron chi connectivity index (χ0n) is 18.3. The van der Waals surface area contributed by atoms with Gasteiger partial charge >= 0.3 is 5.97 Å². The van der Waals surface area contributed by atoms with Crippen LogP contribution in [-0.2, 0) is 32.4 Å². The van der Waals surface area contributed by atoms with Crippen molar-refractivity contribution >= 4 is 26.9 Å². The number of aryl methyl sites for hydroxylation is 2. The molecule has 164 valence electrons. The van der Waals surface area contributed by atoms with E-state index in [9.17, 15) is 13.2 Å². The van der Waals surface area contributed by atoms with E-state index in [4.69, 9.17) is 4.74 Å². The highest BCUT2D eigenvalue weighted by Gasteiger charge is 2.36. The molecule has 0 fully saturated rings. The zero-order chi connectivity index (χ0) is 22.2. The number of nitrogens with zero attached hydrogens (tertiary/aromatic N) is 1. The highest BCUT2D eigenvalue weighted by atomic mass is 32.2. The van der Waals surface area contributed by atoms with Crippen molar-refractivity contribution < 1.29 is 17.9 Å². The fourth-order valence-electron chi connectivity index (χ4n) is 4.87. The van der Waals surface area contributed by atoms with Crippen molar-refractivity contribution in [2.75, 3.05) is 6.61 Å². The molecule has 1 aromatic heterocycles. The van der Waals surface area contributed by atoms with Crippen LogP contribution in [0.1, 0.15) is 43.5 Å². The minimum absolute atomic E-state index is 0.0628. The van der Waals surface area contributed by atoms with Crippen LogP contribution in [0, 0.1) is 18.8 Å². The van der Waals surface area contributed by atoms with E-state index >= 15 is 0 Å². The van der Waals surface area contributed by atoms with Gasteiger partial charge in [0.05, 0.1) is 22.9 Å². The molecule has 31 heavy (non-hydrogen) atoms. The minimum Gasteiger partial charge on any atom is -0.466 e. The van der Waals surface area contributed by atoms with E-state index in [2.05, 4.69) is 0 Å². The SMILES string of the molecule is CCOC(=O)C(CC)C1CCc2c(n(S(=O)(=O)c3ccc(C)cc3)c3ccccc23)C1. The van der Waals surface area contributed by atoms with Gasteiger partial charge in [0.25, 0.3) is 10.0 Å². The molecule has 0 radical (unpaired) electrons. The van der Waals surface area contributed by atoms with Crippen molar-refractivity contribution in [3.8, 4) is 0 Å². The average molecular weight is 440 g/mol. The van der Waals surface area contributed by atoms with Gasteiger partial charge in [0.15, 0.2) is 0 Å². The van der Waals surface area contributed by atoms with Crippen LogP contribution >= 0.6 is 0 Å². The summed E-state index contributed by atoms with van der Waals surface area (Å²) in [5, 5.41) is 0.982. The Hall–Kier alpha value is -2.60. The molecular formula is C25H29NO4S. The number of hydrogen-bond acceptors (Lipinski definition) is 4. The van der Waals surface area contributed by atoms with Crippen molar-refractivity contribution in [2.24, 2.45) is 11.8 Å². The molecule has 1 aliphatic carbocycles. The number of rotatable bonds is 6. The molecule has 0 spiro atoms. The molecule has 0 amide bonds. The van der Waals surface area contributed by atoms with Crippen molar-refractivity contribution in [1.29, 1.82) is 0 Å². The van der Waals surface area contributed by atoms with Crippen LogP contribution in [0.15, 0.2) is 53.4 Å². The number of carbonyl (C=O) groups excluding carboxylic acids is 1. The van der Waals surface area contributed by atoms with Crippen LogP contribution in [0.2, 0.25) is 0 Å². The predicted molar refractivity (Wildman–Crippen MR) is 122 cm³/mol. The quantitative estimate of drug-likeness (QED) is 0.514. The van der Waals surface area contributed by atoms with Gasteiger partial charge in [-0.2, -0.15) is 0 Å². The van der Waals surface area contributed by atoms with Crippen LogP contribution < -0.4 is 0 Å².